The van der Waals surface area contributed by atoms with E-state index >= 15 is 0 Å². The predicted molar refractivity (Wildman–Crippen MR) is 98.1 cm³/mol. The van der Waals surface area contributed by atoms with Crippen LogP contribution < -0.4 is 0 Å². The molecule has 1 aliphatic rings. The molecule has 1 rings (SSSR count). The van der Waals surface area contributed by atoms with Crippen molar-refractivity contribution in [2.45, 2.75) is 83.0 Å². The van der Waals surface area contributed by atoms with Gasteiger partial charge in [-0.05, 0) is 31.6 Å². The average molecular weight is 354 g/mol. The summed E-state index contributed by atoms with van der Waals surface area (Å²) in [7, 11) is 0. The molecule has 0 aliphatic heterocycles. The number of hydrogen-bond acceptors (Lipinski definition) is 4. The van der Waals surface area contributed by atoms with Crippen LogP contribution in [0.1, 0.15) is 64.7 Å². The number of hydrogen-bond donors (Lipinski definition) is 4. The van der Waals surface area contributed by atoms with Crippen LogP contribution in [-0.2, 0) is 4.79 Å². The number of rotatable bonds is 12. The summed E-state index contributed by atoms with van der Waals surface area (Å²) in [6, 6.07) is 0. The van der Waals surface area contributed by atoms with E-state index in [9.17, 15) is 20.1 Å². The van der Waals surface area contributed by atoms with Gasteiger partial charge in [-0.25, -0.2) is 0 Å². The Morgan fingerprint density at radius 2 is 1.92 bits per heavy atom. The number of carbonyl (C=O) groups is 1. The van der Waals surface area contributed by atoms with Crippen LogP contribution in [0.5, 0.6) is 0 Å². The third-order valence-corrected chi connectivity index (χ3v) is 4.91. The molecule has 0 bridgehead atoms. The molecule has 1 saturated carbocycles. The van der Waals surface area contributed by atoms with Crippen molar-refractivity contribution in [1.29, 1.82) is 0 Å². The Kier molecular flexibility index (Phi) is 10.7. The third-order valence-electron chi connectivity index (χ3n) is 4.91. The zero-order chi connectivity index (χ0) is 18.7. The van der Waals surface area contributed by atoms with Crippen molar-refractivity contribution >= 4 is 5.97 Å². The van der Waals surface area contributed by atoms with E-state index in [2.05, 4.69) is 6.92 Å². The molecule has 0 heterocycles. The summed E-state index contributed by atoms with van der Waals surface area (Å²) in [5.41, 5.74) is 0. The van der Waals surface area contributed by atoms with Gasteiger partial charge in [-0.3, -0.25) is 4.79 Å². The van der Waals surface area contributed by atoms with Crippen molar-refractivity contribution in [3.05, 3.63) is 24.3 Å². The van der Waals surface area contributed by atoms with Gasteiger partial charge in [0.25, 0.3) is 0 Å². The highest BCUT2D eigenvalue weighted by molar-refractivity contribution is 5.66. The fourth-order valence-corrected chi connectivity index (χ4v) is 3.41. The van der Waals surface area contributed by atoms with Crippen LogP contribution in [0, 0.1) is 11.8 Å². The van der Waals surface area contributed by atoms with Crippen molar-refractivity contribution in [2.24, 2.45) is 11.8 Å². The lowest BCUT2D eigenvalue weighted by Crippen LogP contribution is -2.20. The molecule has 5 atom stereocenters. The van der Waals surface area contributed by atoms with Gasteiger partial charge in [-0.1, -0.05) is 50.5 Å². The van der Waals surface area contributed by atoms with Crippen LogP contribution in [0.25, 0.3) is 0 Å². The fourth-order valence-electron chi connectivity index (χ4n) is 3.41. The standard InChI is InChI=1S/C20H34O5/c1-2-3-6-9-15(21)12-13-17-16(18(22)14-19(17)23)10-7-4-5-8-11-20(24)25/h4,7,12-13,15-19,21-23H,2-3,5-6,8-11,14H2,1H3,(H,24,25)/t15?,16?,17-,18-,19?/m1/s1. The Bertz CT molecular complexity index is 432. The molecule has 5 heteroatoms. The van der Waals surface area contributed by atoms with Gasteiger partial charge in [-0.2, -0.15) is 0 Å². The first-order valence-electron chi connectivity index (χ1n) is 9.55. The molecule has 3 unspecified atom stereocenters. The Hall–Kier alpha value is -1.17. The summed E-state index contributed by atoms with van der Waals surface area (Å²) in [5, 5.41) is 39.0. The number of allylic oxidation sites excluding steroid dienone is 2. The first kappa shape index (κ1) is 21.9. The molecule has 0 spiro atoms. The minimum absolute atomic E-state index is 0.0650. The van der Waals surface area contributed by atoms with Crippen LogP contribution in [0.3, 0.4) is 0 Å². The molecule has 4 N–H and O–H groups in total. The second-order valence-corrected chi connectivity index (χ2v) is 7.05. The Labute approximate surface area is 151 Å². The van der Waals surface area contributed by atoms with Gasteiger partial charge >= 0.3 is 5.97 Å². The summed E-state index contributed by atoms with van der Waals surface area (Å²) in [6.07, 6.45) is 12.3. The van der Waals surface area contributed by atoms with Gasteiger partial charge in [0, 0.05) is 18.8 Å². The lowest BCUT2D eigenvalue weighted by molar-refractivity contribution is -0.137. The average Bonchev–Trinajstić information content (AvgIpc) is 2.82. The molecular formula is C20H34O5. The van der Waals surface area contributed by atoms with Gasteiger partial charge in [0.1, 0.15) is 0 Å². The molecule has 5 nitrogen and oxygen atoms in total. The van der Waals surface area contributed by atoms with E-state index in [0.717, 1.165) is 25.7 Å². The van der Waals surface area contributed by atoms with Crippen molar-refractivity contribution in [2.75, 3.05) is 0 Å². The van der Waals surface area contributed by atoms with Crippen molar-refractivity contribution < 1.29 is 25.2 Å². The van der Waals surface area contributed by atoms with Crippen LogP contribution >= 0.6 is 0 Å². The summed E-state index contributed by atoms with van der Waals surface area (Å²) >= 11 is 0. The van der Waals surface area contributed by atoms with Crippen LogP contribution in [0.4, 0.5) is 0 Å². The fraction of sp³-hybridized carbons (Fsp3) is 0.750. The lowest BCUT2D eigenvalue weighted by Gasteiger charge is -2.19. The van der Waals surface area contributed by atoms with E-state index in [1.807, 2.05) is 18.2 Å². The number of unbranched alkanes of at least 4 members (excludes halogenated alkanes) is 3. The molecular weight excluding hydrogens is 320 g/mol. The highest BCUT2D eigenvalue weighted by Crippen LogP contribution is 2.36. The molecule has 1 aliphatic carbocycles. The molecule has 0 aromatic heterocycles. The molecule has 1 fully saturated rings. The zero-order valence-corrected chi connectivity index (χ0v) is 15.3. The highest BCUT2D eigenvalue weighted by Gasteiger charge is 2.39. The second-order valence-electron chi connectivity index (χ2n) is 7.05. The molecule has 25 heavy (non-hydrogen) atoms. The Balaban J connectivity index is 2.46. The van der Waals surface area contributed by atoms with E-state index < -0.39 is 24.3 Å². The van der Waals surface area contributed by atoms with E-state index in [1.165, 1.54) is 0 Å². The quantitative estimate of drug-likeness (QED) is 0.319. The van der Waals surface area contributed by atoms with E-state index in [4.69, 9.17) is 5.11 Å². The number of carboxylic acid groups (broad SMARTS) is 1. The summed E-state index contributed by atoms with van der Waals surface area (Å²) < 4.78 is 0. The number of aliphatic carboxylic acids is 1. The third kappa shape index (κ3) is 8.66. The molecule has 0 aromatic rings. The van der Waals surface area contributed by atoms with Crippen LogP contribution in [0.2, 0.25) is 0 Å². The monoisotopic (exact) mass is 354 g/mol. The van der Waals surface area contributed by atoms with Gasteiger partial charge in [-0.15, -0.1) is 0 Å². The Morgan fingerprint density at radius 3 is 2.60 bits per heavy atom. The van der Waals surface area contributed by atoms with Crippen molar-refractivity contribution in [3.63, 3.8) is 0 Å². The topological polar surface area (TPSA) is 98.0 Å². The van der Waals surface area contributed by atoms with E-state index in [1.54, 1.807) is 6.08 Å². The predicted octanol–water partition coefficient (Wildman–Crippen LogP) is 3.04. The molecule has 144 valence electrons. The van der Waals surface area contributed by atoms with Gasteiger partial charge in [0.15, 0.2) is 0 Å². The number of aliphatic hydroxyl groups excluding tert-OH is 3. The molecule has 0 radical (unpaired) electrons. The zero-order valence-electron chi connectivity index (χ0n) is 15.3. The largest absolute Gasteiger partial charge is 0.481 e. The maximum absolute atomic E-state index is 10.5. The maximum Gasteiger partial charge on any atom is 0.303 e. The molecule has 0 amide bonds. The first-order chi connectivity index (χ1) is 12.0. The number of carboxylic acids is 1. The minimum atomic E-state index is -0.787. The maximum atomic E-state index is 10.5. The van der Waals surface area contributed by atoms with Crippen molar-refractivity contribution in [3.8, 4) is 0 Å². The SMILES string of the molecule is CCCCCC(O)C=C[C@H]1C(O)C[C@@H](O)C1CC=CCCCC(=O)O. The second kappa shape index (κ2) is 12.2. The smallest absolute Gasteiger partial charge is 0.303 e. The van der Waals surface area contributed by atoms with Crippen LogP contribution in [-0.4, -0.2) is 44.7 Å². The van der Waals surface area contributed by atoms with E-state index in [0.29, 0.717) is 25.7 Å². The number of aliphatic hydroxyl groups is 3. The van der Waals surface area contributed by atoms with Gasteiger partial charge in [0.05, 0.1) is 18.3 Å². The summed E-state index contributed by atoms with van der Waals surface area (Å²) in [6.45, 7) is 2.12. The van der Waals surface area contributed by atoms with Gasteiger partial charge < -0.3 is 20.4 Å². The highest BCUT2D eigenvalue weighted by atomic mass is 16.4. The summed E-state index contributed by atoms with van der Waals surface area (Å²) in [5.74, 6) is -1.00. The molecule has 0 saturated heterocycles. The minimum Gasteiger partial charge on any atom is -0.481 e. The van der Waals surface area contributed by atoms with Crippen molar-refractivity contribution in [1.82, 2.24) is 0 Å². The molecule has 0 aromatic carbocycles. The summed E-state index contributed by atoms with van der Waals surface area (Å²) in [4.78, 5) is 10.5. The van der Waals surface area contributed by atoms with Gasteiger partial charge in [0.2, 0.25) is 0 Å². The Morgan fingerprint density at radius 1 is 1.16 bits per heavy atom. The normalized spacial score (nSPS) is 28.2. The first-order valence-corrected chi connectivity index (χ1v) is 9.55. The van der Waals surface area contributed by atoms with E-state index in [-0.39, 0.29) is 18.3 Å². The lowest BCUT2D eigenvalue weighted by atomic mass is 9.89. The van der Waals surface area contributed by atoms with Crippen LogP contribution in [0.15, 0.2) is 24.3 Å².